The molecule has 0 aliphatic rings. The maximum absolute atomic E-state index is 12.2. The van der Waals surface area contributed by atoms with E-state index in [4.69, 9.17) is 4.74 Å². The second kappa shape index (κ2) is 5.81. The summed E-state index contributed by atoms with van der Waals surface area (Å²) >= 11 is 0. The Hall–Kier alpha value is -2.25. The summed E-state index contributed by atoms with van der Waals surface area (Å²) in [6.07, 6.45) is -2.96. The van der Waals surface area contributed by atoms with Gasteiger partial charge in [0.25, 0.3) is 0 Å². The minimum atomic E-state index is -4.36. The highest BCUT2D eigenvalue weighted by molar-refractivity contribution is 5.56. The molecule has 1 N–H and O–H groups in total. The number of aryl methyl sites for hydroxylation is 1. The standard InChI is InChI=1S/C12H13F3N4O/c1-19-11(17-8-18-19)6-16-9-4-2-3-5-10(9)20-7-12(13,14)15/h2-5,8,16H,6-7H2,1H3. The van der Waals surface area contributed by atoms with Gasteiger partial charge in [0.15, 0.2) is 6.61 Å². The van der Waals surface area contributed by atoms with Crippen molar-refractivity contribution in [2.75, 3.05) is 11.9 Å². The first-order valence-corrected chi connectivity index (χ1v) is 5.81. The smallest absolute Gasteiger partial charge is 0.422 e. The van der Waals surface area contributed by atoms with Crippen LogP contribution in [-0.4, -0.2) is 27.5 Å². The summed E-state index contributed by atoms with van der Waals surface area (Å²) in [6.45, 7) is -0.988. The van der Waals surface area contributed by atoms with E-state index in [1.807, 2.05) is 0 Å². The Morgan fingerprint density at radius 1 is 1.30 bits per heavy atom. The van der Waals surface area contributed by atoms with Crippen LogP contribution in [0.4, 0.5) is 18.9 Å². The molecular formula is C12H13F3N4O. The van der Waals surface area contributed by atoms with E-state index < -0.39 is 12.8 Å². The number of ether oxygens (including phenoxy) is 1. The summed E-state index contributed by atoms with van der Waals surface area (Å²) < 4.78 is 42.9. The fourth-order valence-corrected chi connectivity index (χ4v) is 1.55. The first-order valence-electron chi connectivity index (χ1n) is 5.81. The normalized spacial score (nSPS) is 11.4. The van der Waals surface area contributed by atoms with Crippen LogP contribution >= 0.6 is 0 Å². The van der Waals surface area contributed by atoms with Crippen LogP contribution in [0.3, 0.4) is 0 Å². The van der Waals surface area contributed by atoms with E-state index >= 15 is 0 Å². The fraction of sp³-hybridized carbons (Fsp3) is 0.333. The molecule has 1 heterocycles. The lowest BCUT2D eigenvalue weighted by atomic mass is 10.3. The molecule has 0 saturated heterocycles. The van der Waals surface area contributed by atoms with Gasteiger partial charge in [0.05, 0.1) is 12.2 Å². The summed E-state index contributed by atoms with van der Waals surface area (Å²) in [6, 6.07) is 6.44. The highest BCUT2D eigenvalue weighted by atomic mass is 19.4. The van der Waals surface area contributed by atoms with Crippen LogP contribution in [0.1, 0.15) is 5.82 Å². The minimum Gasteiger partial charge on any atom is -0.482 e. The number of alkyl halides is 3. The molecule has 0 aliphatic heterocycles. The maximum atomic E-state index is 12.2. The van der Waals surface area contributed by atoms with Crippen molar-refractivity contribution < 1.29 is 17.9 Å². The first kappa shape index (κ1) is 14.2. The van der Waals surface area contributed by atoms with E-state index in [0.717, 1.165) is 0 Å². The third-order valence-corrected chi connectivity index (χ3v) is 2.52. The monoisotopic (exact) mass is 286 g/mol. The van der Waals surface area contributed by atoms with Gasteiger partial charge in [0.1, 0.15) is 17.9 Å². The van der Waals surface area contributed by atoms with Crippen molar-refractivity contribution in [3.8, 4) is 5.75 Å². The highest BCUT2D eigenvalue weighted by Crippen LogP contribution is 2.26. The number of para-hydroxylation sites is 2. The van der Waals surface area contributed by atoms with E-state index in [1.54, 1.807) is 29.9 Å². The molecule has 1 aromatic carbocycles. The average molecular weight is 286 g/mol. The van der Waals surface area contributed by atoms with Crippen LogP contribution in [0.2, 0.25) is 0 Å². The number of nitrogens with one attached hydrogen (secondary N) is 1. The number of hydrogen-bond acceptors (Lipinski definition) is 4. The van der Waals surface area contributed by atoms with Crippen LogP contribution in [0.15, 0.2) is 30.6 Å². The molecule has 2 rings (SSSR count). The van der Waals surface area contributed by atoms with Gasteiger partial charge in [-0.05, 0) is 12.1 Å². The minimum absolute atomic E-state index is 0.145. The van der Waals surface area contributed by atoms with Gasteiger partial charge in [-0.1, -0.05) is 12.1 Å². The SMILES string of the molecule is Cn1ncnc1CNc1ccccc1OCC(F)(F)F. The van der Waals surface area contributed by atoms with Crippen LogP contribution in [0.5, 0.6) is 5.75 Å². The molecule has 5 nitrogen and oxygen atoms in total. The van der Waals surface area contributed by atoms with Crippen molar-refractivity contribution in [2.45, 2.75) is 12.7 Å². The molecule has 0 bridgehead atoms. The molecular weight excluding hydrogens is 273 g/mol. The predicted molar refractivity (Wildman–Crippen MR) is 66.3 cm³/mol. The lowest BCUT2D eigenvalue weighted by Gasteiger charge is -2.14. The van der Waals surface area contributed by atoms with Crippen LogP contribution in [0.25, 0.3) is 0 Å². The highest BCUT2D eigenvalue weighted by Gasteiger charge is 2.28. The number of benzene rings is 1. The lowest BCUT2D eigenvalue weighted by Crippen LogP contribution is -2.19. The van der Waals surface area contributed by atoms with Crippen molar-refractivity contribution in [1.29, 1.82) is 0 Å². The molecule has 1 aromatic heterocycles. The van der Waals surface area contributed by atoms with Crippen LogP contribution in [-0.2, 0) is 13.6 Å². The first-order chi connectivity index (χ1) is 9.46. The lowest BCUT2D eigenvalue weighted by molar-refractivity contribution is -0.153. The zero-order valence-corrected chi connectivity index (χ0v) is 10.7. The van der Waals surface area contributed by atoms with Gasteiger partial charge in [-0.3, -0.25) is 4.68 Å². The molecule has 0 unspecified atom stereocenters. The zero-order valence-electron chi connectivity index (χ0n) is 10.7. The number of hydrogen-bond donors (Lipinski definition) is 1. The maximum Gasteiger partial charge on any atom is 0.422 e. The van der Waals surface area contributed by atoms with Gasteiger partial charge in [-0.25, -0.2) is 4.98 Å². The summed E-state index contributed by atoms with van der Waals surface area (Å²) in [5, 5.41) is 6.88. The Labute approximate surface area is 113 Å². The average Bonchev–Trinajstić information content (AvgIpc) is 2.79. The largest absolute Gasteiger partial charge is 0.482 e. The van der Waals surface area contributed by atoms with Gasteiger partial charge in [0, 0.05) is 7.05 Å². The number of anilines is 1. The predicted octanol–water partition coefficient (Wildman–Crippen LogP) is 2.37. The molecule has 0 amide bonds. The van der Waals surface area contributed by atoms with Crippen molar-refractivity contribution in [2.24, 2.45) is 7.05 Å². The summed E-state index contributed by atoms with van der Waals surface area (Å²) in [5.74, 6) is 0.808. The van der Waals surface area contributed by atoms with Crippen molar-refractivity contribution in [1.82, 2.24) is 14.8 Å². The Morgan fingerprint density at radius 3 is 2.70 bits per heavy atom. The van der Waals surface area contributed by atoms with E-state index in [-0.39, 0.29) is 5.75 Å². The third kappa shape index (κ3) is 3.87. The molecule has 0 spiro atoms. The molecule has 0 aliphatic carbocycles. The molecule has 0 fully saturated rings. The van der Waals surface area contributed by atoms with E-state index in [1.165, 1.54) is 12.4 Å². The Bertz CT molecular complexity index is 568. The Balaban J connectivity index is 2.02. The van der Waals surface area contributed by atoms with Gasteiger partial charge in [-0.15, -0.1) is 0 Å². The third-order valence-electron chi connectivity index (χ3n) is 2.52. The summed E-state index contributed by atoms with van der Waals surface area (Å²) in [5.41, 5.74) is 0.472. The molecule has 0 radical (unpaired) electrons. The molecule has 2 aromatic rings. The van der Waals surface area contributed by atoms with E-state index in [0.29, 0.717) is 18.1 Å². The molecule has 0 saturated carbocycles. The second-order valence-corrected chi connectivity index (χ2v) is 4.05. The molecule has 8 heteroatoms. The van der Waals surface area contributed by atoms with Crippen molar-refractivity contribution in [3.63, 3.8) is 0 Å². The van der Waals surface area contributed by atoms with Crippen molar-refractivity contribution >= 4 is 5.69 Å². The number of rotatable bonds is 5. The number of nitrogens with zero attached hydrogens (tertiary/aromatic N) is 3. The van der Waals surface area contributed by atoms with E-state index in [9.17, 15) is 13.2 Å². The fourth-order valence-electron chi connectivity index (χ4n) is 1.55. The zero-order chi connectivity index (χ0) is 14.6. The molecule has 20 heavy (non-hydrogen) atoms. The number of aromatic nitrogens is 3. The van der Waals surface area contributed by atoms with Gasteiger partial charge < -0.3 is 10.1 Å². The van der Waals surface area contributed by atoms with Crippen molar-refractivity contribution in [3.05, 3.63) is 36.4 Å². The molecule has 108 valence electrons. The summed E-state index contributed by atoms with van der Waals surface area (Å²) in [7, 11) is 1.73. The second-order valence-electron chi connectivity index (χ2n) is 4.05. The van der Waals surface area contributed by atoms with Gasteiger partial charge in [0.2, 0.25) is 0 Å². The Kier molecular flexibility index (Phi) is 4.11. The van der Waals surface area contributed by atoms with Gasteiger partial charge in [-0.2, -0.15) is 18.3 Å². The summed E-state index contributed by atoms with van der Waals surface area (Å²) in [4.78, 5) is 4.01. The van der Waals surface area contributed by atoms with E-state index in [2.05, 4.69) is 15.4 Å². The number of halogens is 3. The van der Waals surface area contributed by atoms with Crippen LogP contribution in [0, 0.1) is 0 Å². The Morgan fingerprint density at radius 2 is 2.05 bits per heavy atom. The topological polar surface area (TPSA) is 52.0 Å². The quantitative estimate of drug-likeness (QED) is 0.916. The van der Waals surface area contributed by atoms with Gasteiger partial charge >= 0.3 is 6.18 Å². The van der Waals surface area contributed by atoms with Crippen LogP contribution < -0.4 is 10.1 Å². The molecule has 0 atom stereocenters.